The number of rotatable bonds is 3. The van der Waals surface area contributed by atoms with E-state index in [1.165, 1.54) is 11.3 Å². The van der Waals surface area contributed by atoms with Gasteiger partial charge in [0.05, 0.1) is 4.34 Å². The first-order valence-electron chi connectivity index (χ1n) is 3.39. The maximum atomic E-state index is 11.7. The molecule has 0 radical (unpaired) electrons. The zero-order valence-corrected chi connectivity index (χ0v) is 7.96. The van der Waals surface area contributed by atoms with Gasteiger partial charge in [-0.15, -0.1) is 11.3 Å². The number of alkyl halides is 2. The van der Waals surface area contributed by atoms with Crippen LogP contribution in [0.15, 0.2) is 11.4 Å². The fourth-order valence-electron chi connectivity index (χ4n) is 0.705. The second-order valence-corrected chi connectivity index (χ2v) is 3.76. The molecule has 0 aliphatic heterocycles. The van der Waals surface area contributed by atoms with Gasteiger partial charge in [-0.1, -0.05) is 11.6 Å². The summed E-state index contributed by atoms with van der Waals surface area (Å²) in [5, 5.41) is 3.79. The van der Waals surface area contributed by atoms with Gasteiger partial charge in [0.2, 0.25) is 0 Å². The molecule has 0 bridgehead atoms. The molecule has 0 aliphatic carbocycles. The fourth-order valence-corrected chi connectivity index (χ4v) is 1.63. The Kier molecular flexibility index (Phi) is 3.62. The van der Waals surface area contributed by atoms with E-state index in [-0.39, 0.29) is 6.54 Å². The first-order chi connectivity index (χ1) is 6.11. The van der Waals surface area contributed by atoms with Gasteiger partial charge >= 0.3 is 6.43 Å². The Hall–Kier alpha value is -0.680. The third-order valence-corrected chi connectivity index (χ3v) is 2.60. The van der Waals surface area contributed by atoms with Gasteiger partial charge in [-0.05, 0) is 11.4 Å². The van der Waals surface area contributed by atoms with Crippen LogP contribution < -0.4 is 5.32 Å². The van der Waals surface area contributed by atoms with Gasteiger partial charge < -0.3 is 5.32 Å². The number of amides is 1. The first kappa shape index (κ1) is 10.4. The maximum absolute atomic E-state index is 11.7. The van der Waals surface area contributed by atoms with Crippen molar-refractivity contribution in [1.29, 1.82) is 0 Å². The fraction of sp³-hybridized carbons (Fsp3) is 0.286. The smallest absolute Gasteiger partial charge is 0.315 e. The van der Waals surface area contributed by atoms with Crippen molar-refractivity contribution in [3.8, 4) is 0 Å². The number of thiophene rings is 1. The first-order valence-corrected chi connectivity index (χ1v) is 4.64. The number of carbonyl (C=O) groups is 1. The van der Waals surface area contributed by atoms with Crippen molar-refractivity contribution in [2.24, 2.45) is 0 Å². The highest BCUT2D eigenvalue weighted by molar-refractivity contribution is 7.14. The summed E-state index contributed by atoms with van der Waals surface area (Å²) in [7, 11) is 0. The van der Waals surface area contributed by atoms with E-state index in [2.05, 4.69) is 5.32 Å². The topological polar surface area (TPSA) is 29.1 Å². The van der Waals surface area contributed by atoms with E-state index in [1.807, 2.05) is 0 Å². The molecule has 0 aromatic carbocycles. The molecule has 13 heavy (non-hydrogen) atoms. The molecule has 0 saturated heterocycles. The van der Waals surface area contributed by atoms with Gasteiger partial charge in [-0.3, -0.25) is 4.79 Å². The molecule has 72 valence electrons. The molecular formula is C7H6ClF2NOS. The largest absolute Gasteiger partial charge is 0.347 e. The number of nitrogens with one attached hydrogen (secondary N) is 1. The van der Waals surface area contributed by atoms with E-state index in [0.717, 1.165) is 0 Å². The van der Waals surface area contributed by atoms with E-state index in [4.69, 9.17) is 11.6 Å². The molecule has 2 nitrogen and oxygen atoms in total. The minimum atomic E-state index is -2.97. The summed E-state index contributed by atoms with van der Waals surface area (Å²) >= 11 is 6.97. The highest BCUT2D eigenvalue weighted by atomic mass is 35.5. The number of carbonyl (C=O) groups excluding carboxylic acids is 1. The van der Waals surface area contributed by atoms with Gasteiger partial charge in [0, 0.05) is 12.1 Å². The highest BCUT2D eigenvalue weighted by Crippen LogP contribution is 2.22. The summed E-state index contributed by atoms with van der Waals surface area (Å²) < 4.78 is 23.9. The average molecular weight is 226 g/mol. The normalized spacial score (nSPS) is 10.5. The molecule has 1 N–H and O–H groups in total. The van der Waals surface area contributed by atoms with Crippen molar-refractivity contribution in [1.82, 2.24) is 5.32 Å². The quantitative estimate of drug-likeness (QED) is 0.840. The molecule has 0 unspecified atom stereocenters. The van der Waals surface area contributed by atoms with Crippen LogP contribution in [0.3, 0.4) is 0 Å². The third-order valence-electron chi connectivity index (χ3n) is 1.34. The molecule has 1 aromatic heterocycles. The second-order valence-electron chi connectivity index (χ2n) is 2.24. The number of halogens is 3. The monoisotopic (exact) mass is 225 g/mol. The number of hydrogen-bond donors (Lipinski definition) is 1. The van der Waals surface area contributed by atoms with Crippen molar-refractivity contribution in [3.05, 3.63) is 21.3 Å². The Morgan fingerprint density at radius 1 is 1.69 bits per heavy atom. The van der Waals surface area contributed by atoms with Gasteiger partial charge in [0.1, 0.15) is 0 Å². The average Bonchev–Trinajstić information content (AvgIpc) is 2.47. The maximum Gasteiger partial charge on any atom is 0.315 e. The van der Waals surface area contributed by atoms with E-state index in [0.29, 0.717) is 9.90 Å². The minimum Gasteiger partial charge on any atom is -0.347 e. The zero-order chi connectivity index (χ0) is 9.84. The van der Waals surface area contributed by atoms with Crippen LogP contribution in [0.4, 0.5) is 8.78 Å². The van der Waals surface area contributed by atoms with Crippen molar-refractivity contribution in [2.45, 2.75) is 13.0 Å². The Labute approximate surface area is 82.5 Å². The second kappa shape index (κ2) is 4.53. The summed E-state index contributed by atoms with van der Waals surface area (Å²) in [5.41, 5.74) is 0.653. The lowest BCUT2D eigenvalue weighted by molar-refractivity contribution is -0.131. The Bertz CT molecular complexity index is 302. The lowest BCUT2D eigenvalue weighted by atomic mass is 10.3. The van der Waals surface area contributed by atoms with Crippen LogP contribution in [0, 0.1) is 0 Å². The summed E-state index contributed by atoms with van der Waals surface area (Å²) in [6.07, 6.45) is -2.97. The highest BCUT2D eigenvalue weighted by Gasteiger charge is 2.14. The molecule has 0 saturated carbocycles. The molecule has 0 atom stereocenters. The lowest BCUT2D eigenvalue weighted by Gasteiger charge is -2.02. The molecule has 6 heteroatoms. The SMILES string of the molecule is O=C(NCc1ccsc1Cl)C(F)F. The van der Waals surface area contributed by atoms with Crippen LogP contribution in [-0.4, -0.2) is 12.3 Å². The molecular weight excluding hydrogens is 220 g/mol. The standard InChI is InChI=1S/C7H6ClF2NOS/c8-5-4(1-2-13-5)3-11-7(12)6(9)10/h1-2,6H,3H2,(H,11,12). The lowest BCUT2D eigenvalue weighted by Crippen LogP contribution is -2.28. The summed E-state index contributed by atoms with van der Waals surface area (Å²) in [5.74, 6) is -1.28. The molecule has 1 heterocycles. The molecule has 1 aromatic rings. The van der Waals surface area contributed by atoms with Crippen LogP contribution in [0.5, 0.6) is 0 Å². The van der Waals surface area contributed by atoms with Crippen LogP contribution in [0.2, 0.25) is 4.34 Å². The Morgan fingerprint density at radius 3 is 2.85 bits per heavy atom. The summed E-state index contributed by atoms with van der Waals surface area (Å²) in [6.45, 7) is 0.0471. The van der Waals surface area contributed by atoms with E-state index < -0.39 is 12.3 Å². The molecule has 1 rings (SSSR count). The van der Waals surface area contributed by atoms with Gasteiger partial charge in [0.25, 0.3) is 5.91 Å². The third kappa shape index (κ3) is 2.93. The predicted molar refractivity (Wildman–Crippen MR) is 47.2 cm³/mol. The Balaban J connectivity index is 2.44. The van der Waals surface area contributed by atoms with E-state index in [1.54, 1.807) is 11.4 Å². The van der Waals surface area contributed by atoms with Crippen molar-refractivity contribution < 1.29 is 13.6 Å². The Morgan fingerprint density at radius 2 is 2.38 bits per heavy atom. The van der Waals surface area contributed by atoms with Crippen molar-refractivity contribution in [3.63, 3.8) is 0 Å². The molecule has 0 aliphatic rings. The molecule has 1 amide bonds. The zero-order valence-electron chi connectivity index (χ0n) is 6.39. The van der Waals surface area contributed by atoms with Gasteiger partial charge in [-0.2, -0.15) is 8.78 Å². The molecule has 0 fully saturated rings. The minimum absolute atomic E-state index is 0.0471. The van der Waals surface area contributed by atoms with Crippen LogP contribution in [-0.2, 0) is 11.3 Å². The van der Waals surface area contributed by atoms with Gasteiger partial charge in [0.15, 0.2) is 0 Å². The van der Waals surface area contributed by atoms with Crippen molar-refractivity contribution in [2.75, 3.05) is 0 Å². The van der Waals surface area contributed by atoms with Crippen LogP contribution >= 0.6 is 22.9 Å². The van der Waals surface area contributed by atoms with Gasteiger partial charge in [-0.25, -0.2) is 0 Å². The van der Waals surface area contributed by atoms with Crippen LogP contribution in [0.1, 0.15) is 5.56 Å². The predicted octanol–water partition coefficient (Wildman–Crippen LogP) is 2.28. The van der Waals surface area contributed by atoms with E-state index in [9.17, 15) is 13.6 Å². The van der Waals surface area contributed by atoms with Crippen LogP contribution in [0.25, 0.3) is 0 Å². The van der Waals surface area contributed by atoms with E-state index >= 15 is 0 Å². The summed E-state index contributed by atoms with van der Waals surface area (Å²) in [4.78, 5) is 10.4. The molecule has 0 spiro atoms. The number of hydrogen-bond acceptors (Lipinski definition) is 2. The van der Waals surface area contributed by atoms with Crippen molar-refractivity contribution >= 4 is 28.8 Å². The summed E-state index contributed by atoms with van der Waals surface area (Å²) in [6, 6.07) is 1.68.